The van der Waals surface area contributed by atoms with E-state index in [2.05, 4.69) is 22.4 Å². The predicted molar refractivity (Wildman–Crippen MR) is 73.4 cm³/mol. The third-order valence-corrected chi connectivity index (χ3v) is 3.34. The lowest BCUT2D eigenvalue weighted by atomic mass is 10.2. The maximum Gasteiger partial charge on any atom is 0.143 e. The number of hydrogen-bond acceptors (Lipinski definition) is 3. The normalized spacial score (nSPS) is 14.7. The Morgan fingerprint density at radius 2 is 2.06 bits per heavy atom. The summed E-state index contributed by atoms with van der Waals surface area (Å²) in [6.45, 7) is 0.724. The topological polar surface area (TPSA) is 56.7 Å². The molecule has 0 amide bonds. The molecule has 0 radical (unpaired) electrons. The monoisotopic (exact) mass is 258 g/mol. The van der Waals surface area contributed by atoms with Crippen molar-refractivity contribution in [3.8, 4) is 0 Å². The molecular formula is C13H14N4S. The molecule has 1 aromatic heterocycles. The molecule has 0 spiro atoms. The smallest absolute Gasteiger partial charge is 0.143 e. The summed E-state index contributed by atoms with van der Waals surface area (Å²) in [7, 11) is 0. The van der Waals surface area contributed by atoms with Gasteiger partial charge in [-0.25, -0.2) is 4.68 Å². The lowest BCUT2D eigenvalue weighted by molar-refractivity contribution is 0.619. The average Bonchev–Trinajstić information content (AvgIpc) is 3.12. The van der Waals surface area contributed by atoms with Crippen LogP contribution in [0.15, 0.2) is 30.3 Å². The molecule has 1 saturated carbocycles. The first-order chi connectivity index (χ1) is 8.75. The summed E-state index contributed by atoms with van der Waals surface area (Å²) in [4.78, 5) is 0.344. The lowest BCUT2D eigenvalue weighted by Crippen LogP contribution is -2.14. The zero-order valence-electron chi connectivity index (χ0n) is 9.91. The third kappa shape index (κ3) is 2.13. The lowest BCUT2D eigenvalue weighted by Gasteiger charge is -2.06. The zero-order chi connectivity index (χ0) is 12.5. The van der Waals surface area contributed by atoms with Crippen LogP contribution in [0, 0.1) is 0 Å². The first-order valence-electron chi connectivity index (χ1n) is 6.03. The Kier molecular flexibility index (Phi) is 2.83. The molecule has 18 heavy (non-hydrogen) atoms. The summed E-state index contributed by atoms with van der Waals surface area (Å²) in [5, 5.41) is 8.31. The van der Waals surface area contributed by atoms with Crippen molar-refractivity contribution < 1.29 is 0 Å². The molecule has 0 atom stereocenters. The van der Waals surface area contributed by atoms with E-state index >= 15 is 0 Å². The first-order valence-corrected chi connectivity index (χ1v) is 6.43. The number of benzene rings is 1. The number of thiocarbonyl (C=S) groups is 1. The second-order valence-electron chi connectivity index (χ2n) is 4.61. The van der Waals surface area contributed by atoms with E-state index in [0.29, 0.717) is 16.6 Å². The van der Waals surface area contributed by atoms with Crippen molar-refractivity contribution in [2.75, 3.05) is 0 Å². The van der Waals surface area contributed by atoms with E-state index in [1.54, 1.807) is 0 Å². The van der Waals surface area contributed by atoms with E-state index in [-0.39, 0.29) is 0 Å². The maximum absolute atomic E-state index is 5.70. The molecule has 1 fully saturated rings. The van der Waals surface area contributed by atoms with Crippen LogP contribution in [0.4, 0.5) is 0 Å². The first kappa shape index (κ1) is 11.3. The SMILES string of the molecule is NC(=S)c1nnn(Cc2ccccc2)c1C1CC1. The van der Waals surface area contributed by atoms with Gasteiger partial charge in [0.05, 0.1) is 12.2 Å². The van der Waals surface area contributed by atoms with Crippen LogP contribution in [0.2, 0.25) is 0 Å². The molecule has 4 nitrogen and oxygen atoms in total. The van der Waals surface area contributed by atoms with Crippen molar-refractivity contribution in [3.05, 3.63) is 47.3 Å². The molecule has 3 rings (SSSR count). The van der Waals surface area contributed by atoms with Gasteiger partial charge in [0.25, 0.3) is 0 Å². The number of aromatic nitrogens is 3. The van der Waals surface area contributed by atoms with Crippen LogP contribution in [0.3, 0.4) is 0 Å². The summed E-state index contributed by atoms with van der Waals surface area (Å²) in [6, 6.07) is 10.2. The Morgan fingerprint density at radius 1 is 1.33 bits per heavy atom. The van der Waals surface area contributed by atoms with Crippen molar-refractivity contribution in [2.45, 2.75) is 25.3 Å². The van der Waals surface area contributed by atoms with Crippen LogP contribution in [0.5, 0.6) is 0 Å². The van der Waals surface area contributed by atoms with Crippen molar-refractivity contribution in [1.82, 2.24) is 15.0 Å². The van der Waals surface area contributed by atoms with Gasteiger partial charge in [0.1, 0.15) is 10.7 Å². The van der Waals surface area contributed by atoms with Gasteiger partial charge in [0.2, 0.25) is 0 Å². The van der Waals surface area contributed by atoms with Crippen LogP contribution in [-0.4, -0.2) is 20.0 Å². The van der Waals surface area contributed by atoms with Gasteiger partial charge >= 0.3 is 0 Å². The standard InChI is InChI=1S/C13H14N4S/c14-13(18)11-12(10-6-7-10)17(16-15-11)8-9-4-2-1-3-5-9/h1-5,10H,6-8H2,(H2,14,18). The van der Waals surface area contributed by atoms with E-state index in [9.17, 15) is 0 Å². The average molecular weight is 258 g/mol. The fourth-order valence-electron chi connectivity index (χ4n) is 2.13. The van der Waals surface area contributed by atoms with Crippen molar-refractivity contribution in [3.63, 3.8) is 0 Å². The summed E-state index contributed by atoms with van der Waals surface area (Å²) >= 11 is 5.04. The van der Waals surface area contributed by atoms with Gasteiger partial charge in [-0.1, -0.05) is 47.8 Å². The van der Waals surface area contributed by atoms with E-state index < -0.39 is 0 Å². The molecule has 0 bridgehead atoms. The minimum absolute atomic E-state index is 0.344. The molecule has 2 aromatic rings. The highest BCUT2D eigenvalue weighted by atomic mass is 32.1. The Labute approximate surface area is 111 Å². The molecule has 0 saturated heterocycles. The highest BCUT2D eigenvalue weighted by Gasteiger charge is 2.32. The van der Waals surface area contributed by atoms with Crippen LogP contribution >= 0.6 is 12.2 Å². The van der Waals surface area contributed by atoms with E-state index in [1.165, 1.54) is 18.4 Å². The molecule has 0 aliphatic heterocycles. The van der Waals surface area contributed by atoms with Gasteiger partial charge in [0, 0.05) is 5.92 Å². The summed E-state index contributed by atoms with van der Waals surface area (Å²) in [5.74, 6) is 0.528. The molecular weight excluding hydrogens is 244 g/mol. The van der Waals surface area contributed by atoms with Gasteiger partial charge in [-0.2, -0.15) is 0 Å². The molecule has 1 heterocycles. The molecule has 1 aliphatic carbocycles. The van der Waals surface area contributed by atoms with Gasteiger partial charge in [0.15, 0.2) is 0 Å². The fraction of sp³-hybridized carbons (Fsp3) is 0.308. The van der Waals surface area contributed by atoms with Crippen LogP contribution < -0.4 is 5.73 Å². The van der Waals surface area contributed by atoms with Crippen LogP contribution in [0.1, 0.15) is 35.7 Å². The molecule has 5 heteroatoms. The highest BCUT2D eigenvalue weighted by molar-refractivity contribution is 7.80. The van der Waals surface area contributed by atoms with E-state index in [0.717, 1.165) is 12.2 Å². The Hall–Kier alpha value is -1.75. The van der Waals surface area contributed by atoms with Gasteiger partial charge in [-0.3, -0.25) is 0 Å². The predicted octanol–water partition coefficient (Wildman–Crippen LogP) is 1.84. The molecule has 2 N–H and O–H groups in total. The molecule has 92 valence electrons. The largest absolute Gasteiger partial charge is 0.388 e. The zero-order valence-corrected chi connectivity index (χ0v) is 10.7. The molecule has 1 aliphatic rings. The Balaban J connectivity index is 1.95. The molecule has 1 aromatic carbocycles. The highest BCUT2D eigenvalue weighted by Crippen LogP contribution is 2.41. The minimum Gasteiger partial charge on any atom is -0.388 e. The molecule has 0 unspecified atom stereocenters. The summed E-state index contributed by atoms with van der Waals surface area (Å²) < 4.78 is 1.93. The number of rotatable bonds is 4. The summed E-state index contributed by atoms with van der Waals surface area (Å²) in [5.41, 5.74) is 8.71. The van der Waals surface area contributed by atoms with Gasteiger partial charge in [-0.05, 0) is 18.4 Å². The van der Waals surface area contributed by atoms with Crippen molar-refractivity contribution in [2.24, 2.45) is 5.73 Å². The number of nitrogens with zero attached hydrogens (tertiary/aromatic N) is 3. The number of hydrogen-bond donors (Lipinski definition) is 1. The Bertz CT molecular complexity index is 572. The van der Waals surface area contributed by atoms with Crippen LogP contribution in [-0.2, 0) is 6.54 Å². The van der Waals surface area contributed by atoms with Gasteiger partial charge in [-0.15, -0.1) is 5.10 Å². The quantitative estimate of drug-likeness (QED) is 0.850. The maximum atomic E-state index is 5.70. The summed E-state index contributed by atoms with van der Waals surface area (Å²) in [6.07, 6.45) is 2.36. The van der Waals surface area contributed by atoms with Crippen molar-refractivity contribution >= 4 is 17.2 Å². The van der Waals surface area contributed by atoms with Crippen molar-refractivity contribution in [1.29, 1.82) is 0 Å². The second kappa shape index (κ2) is 4.49. The minimum atomic E-state index is 0.344. The van der Waals surface area contributed by atoms with Crippen LogP contribution in [0.25, 0.3) is 0 Å². The van der Waals surface area contributed by atoms with Gasteiger partial charge < -0.3 is 5.73 Å². The second-order valence-corrected chi connectivity index (χ2v) is 5.04. The Morgan fingerprint density at radius 3 is 2.67 bits per heavy atom. The van der Waals surface area contributed by atoms with E-state index in [4.69, 9.17) is 18.0 Å². The fourth-order valence-corrected chi connectivity index (χ4v) is 2.28. The van der Waals surface area contributed by atoms with E-state index in [1.807, 2.05) is 22.9 Å². The third-order valence-electron chi connectivity index (χ3n) is 3.15. The number of nitrogens with two attached hydrogens (primary N) is 1.